The summed E-state index contributed by atoms with van der Waals surface area (Å²) in [5.74, 6) is -1.02. The molecule has 0 aliphatic heterocycles. The van der Waals surface area contributed by atoms with Crippen LogP contribution >= 0.6 is 0 Å². The van der Waals surface area contributed by atoms with E-state index >= 15 is 0 Å². The highest BCUT2D eigenvalue weighted by molar-refractivity contribution is 5.92. The van der Waals surface area contributed by atoms with Crippen LogP contribution in [-0.2, 0) is 14.3 Å². The van der Waals surface area contributed by atoms with Crippen molar-refractivity contribution in [2.24, 2.45) is 5.41 Å². The Hall–Kier alpha value is -2.42. The lowest BCUT2D eigenvalue weighted by atomic mass is 9.72. The molecule has 0 spiro atoms. The van der Waals surface area contributed by atoms with Crippen LogP contribution in [0.15, 0.2) is 70.9 Å². The van der Waals surface area contributed by atoms with Crippen molar-refractivity contribution in [1.29, 1.82) is 0 Å². The van der Waals surface area contributed by atoms with Gasteiger partial charge in [-0.1, -0.05) is 126 Å². The van der Waals surface area contributed by atoms with Crippen molar-refractivity contribution >= 4 is 11.9 Å². The number of allylic oxidation sites excluding steroid dienone is 11. The van der Waals surface area contributed by atoms with Gasteiger partial charge in [0.05, 0.1) is 0 Å². The molecule has 0 fully saturated rings. The molecule has 0 saturated carbocycles. The van der Waals surface area contributed by atoms with Gasteiger partial charge in [0.15, 0.2) is 0 Å². The number of unbranched alkanes of at least 4 members (excludes halogenated alkanes) is 11. The van der Waals surface area contributed by atoms with E-state index in [9.17, 15) is 9.59 Å². The minimum Gasteiger partial charge on any atom is -0.390 e. The molecular formula is C38H60O3. The van der Waals surface area contributed by atoms with E-state index in [0.29, 0.717) is 6.42 Å². The van der Waals surface area contributed by atoms with Crippen molar-refractivity contribution in [2.45, 2.75) is 151 Å². The van der Waals surface area contributed by atoms with E-state index in [2.05, 4.69) is 58.9 Å². The Bertz CT molecular complexity index is 952. The van der Waals surface area contributed by atoms with Gasteiger partial charge in [0, 0.05) is 12.5 Å². The van der Waals surface area contributed by atoms with E-state index in [-0.39, 0.29) is 5.41 Å². The lowest BCUT2D eigenvalue weighted by Crippen LogP contribution is -2.19. The standard InChI is InChI=1S/C38H60O3/c1-7-8-9-10-11-12-13-14-15-16-17-18-19-20-21-27-36(39)41-37(40)31-33(3)25-22-24-32(2)28-29-35-34(4)26-23-30-38(35,5)6/h14-15,22,24-25,28-29,31H,7-13,16-21,23,26-27,30H2,1-6H3/b15-14-,25-22?,29-28?,32-24?,33-31?. The van der Waals surface area contributed by atoms with Crippen molar-refractivity contribution in [2.75, 3.05) is 0 Å². The van der Waals surface area contributed by atoms with Crippen LogP contribution in [0, 0.1) is 5.41 Å². The summed E-state index contributed by atoms with van der Waals surface area (Å²) < 4.78 is 4.97. The number of hydrogen-bond acceptors (Lipinski definition) is 3. The highest BCUT2D eigenvalue weighted by atomic mass is 16.6. The minimum absolute atomic E-state index is 0.232. The van der Waals surface area contributed by atoms with Gasteiger partial charge in [0.25, 0.3) is 0 Å². The number of esters is 2. The monoisotopic (exact) mass is 564 g/mol. The molecule has 0 atom stereocenters. The zero-order valence-corrected chi connectivity index (χ0v) is 27.4. The molecule has 1 aliphatic rings. The Morgan fingerprint density at radius 2 is 1.44 bits per heavy atom. The molecule has 1 rings (SSSR count). The van der Waals surface area contributed by atoms with Crippen LogP contribution in [0.5, 0.6) is 0 Å². The molecule has 41 heavy (non-hydrogen) atoms. The number of carbonyl (C=O) groups is 2. The molecule has 0 radical (unpaired) electrons. The van der Waals surface area contributed by atoms with Crippen LogP contribution < -0.4 is 0 Å². The Morgan fingerprint density at radius 1 is 0.829 bits per heavy atom. The maximum absolute atomic E-state index is 12.1. The van der Waals surface area contributed by atoms with Crippen LogP contribution in [0.1, 0.15) is 151 Å². The van der Waals surface area contributed by atoms with E-state index in [1.165, 1.54) is 94.3 Å². The normalized spacial score (nSPS) is 16.4. The van der Waals surface area contributed by atoms with Gasteiger partial charge in [-0.3, -0.25) is 4.79 Å². The third kappa shape index (κ3) is 18.6. The Kier molecular flexibility index (Phi) is 19.8. The smallest absolute Gasteiger partial charge is 0.338 e. The summed E-state index contributed by atoms with van der Waals surface area (Å²) in [7, 11) is 0. The maximum atomic E-state index is 12.1. The number of rotatable bonds is 20. The summed E-state index contributed by atoms with van der Waals surface area (Å²) >= 11 is 0. The molecule has 0 amide bonds. The summed E-state index contributed by atoms with van der Waals surface area (Å²) in [5, 5.41) is 0. The van der Waals surface area contributed by atoms with Gasteiger partial charge >= 0.3 is 11.9 Å². The quantitative estimate of drug-likeness (QED) is 0.0369. The molecule has 0 aromatic rings. The fourth-order valence-electron chi connectivity index (χ4n) is 5.40. The van der Waals surface area contributed by atoms with Crippen LogP contribution in [0.3, 0.4) is 0 Å². The zero-order valence-electron chi connectivity index (χ0n) is 27.4. The summed E-state index contributed by atoms with van der Waals surface area (Å²) in [4.78, 5) is 24.1. The van der Waals surface area contributed by atoms with E-state index in [0.717, 1.165) is 36.8 Å². The van der Waals surface area contributed by atoms with Crippen molar-refractivity contribution in [3.8, 4) is 0 Å². The Balaban J connectivity index is 2.20. The van der Waals surface area contributed by atoms with Crippen LogP contribution in [0.2, 0.25) is 0 Å². The summed E-state index contributed by atoms with van der Waals surface area (Å²) in [6, 6.07) is 0. The first kappa shape index (κ1) is 36.6. The largest absolute Gasteiger partial charge is 0.390 e. The number of ether oxygens (including phenoxy) is 1. The minimum atomic E-state index is -0.590. The molecule has 0 saturated heterocycles. The van der Waals surface area contributed by atoms with Crippen molar-refractivity contribution in [3.05, 3.63) is 70.9 Å². The third-order valence-corrected chi connectivity index (χ3v) is 7.98. The first-order valence-corrected chi connectivity index (χ1v) is 16.5. The fraction of sp³-hybridized carbons (Fsp3) is 0.632. The molecule has 0 N–H and O–H groups in total. The second-order valence-corrected chi connectivity index (χ2v) is 12.6. The van der Waals surface area contributed by atoms with Gasteiger partial charge in [0.2, 0.25) is 0 Å². The molecule has 0 aromatic heterocycles. The van der Waals surface area contributed by atoms with Crippen molar-refractivity contribution in [3.63, 3.8) is 0 Å². The molecular weight excluding hydrogens is 504 g/mol. The first-order valence-electron chi connectivity index (χ1n) is 16.5. The van der Waals surface area contributed by atoms with E-state index < -0.39 is 11.9 Å². The second kappa shape index (κ2) is 22.2. The zero-order chi connectivity index (χ0) is 30.3. The topological polar surface area (TPSA) is 43.4 Å². The second-order valence-electron chi connectivity index (χ2n) is 12.6. The lowest BCUT2D eigenvalue weighted by molar-refractivity contribution is -0.156. The van der Waals surface area contributed by atoms with Gasteiger partial charge in [0.1, 0.15) is 0 Å². The molecule has 0 unspecified atom stereocenters. The predicted molar refractivity (Wildman–Crippen MR) is 177 cm³/mol. The van der Waals surface area contributed by atoms with E-state index in [1.807, 2.05) is 25.2 Å². The average Bonchev–Trinajstić information content (AvgIpc) is 2.90. The molecule has 0 bridgehead atoms. The summed E-state index contributed by atoms with van der Waals surface area (Å²) in [6.07, 6.45) is 36.0. The average molecular weight is 565 g/mol. The molecule has 0 aromatic carbocycles. The fourth-order valence-corrected chi connectivity index (χ4v) is 5.40. The summed E-state index contributed by atoms with van der Waals surface area (Å²) in [5.41, 5.74) is 5.07. The van der Waals surface area contributed by atoms with Crippen LogP contribution in [0.25, 0.3) is 0 Å². The van der Waals surface area contributed by atoms with Crippen LogP contribution in [0.4, 0.5) is 0 Å². The maximum Gasteiger partial charge on any atom is 0.338 e. The van der Waals surface area contributed by atoms with Gasteiger partial charge in [-0.2, -0.15) is 0 Å². The lowest BCUT2D eigenvalue weighted by Gasteiger charge is -2.32. The highest BCUT2D eigenvalue weighted by Gasteiger charge is 2.26. The SMILES string of the molecule is CCCCCCCC/C=C\CCCCCCCC(=O)OC(=O)C=C(C)C=CC=C(C)C=CC1=C(C)CCCC1(C)C. The predicted octanol–water partition coefficient (Wildman–Crippen LogP) is 11.6. The van der Waals surface area contributed by atoms with Gasteiger partial charge < -0.3 is 4.74 Å². The summed E-state index contributed by atoms with van der Waals surface area (Å²) in [6.45, 7) is 13.1. The molecule has 0 heterocycles. The van der Waals surface area contributed by atoms with Gasteiger partial charge in [-0.05, 0) is 88.7 Å². The highest BCUT2D eigenvalue weighted by Crippen LogP contribution is 2.40. The first-order chi connectivity index (χ1) is 19.7. The van der Waals surface area contributed by atoms with Gasteiger partial charge in [-0.25, -0.2) is 4.79 Å². The van der Waals surface area contributed by atoms with Crippen molar-refractivity contribution < 1.29 is 14.3 Å². The Labute approximate surface area is 253 Å². The van der Waals surface area contributed by atoms with E-state index in [1.54, 1.807) is 0 Å². The number of carbonyl (C=O) groups excluding carboxylic acids is 2. The molecule has 3 nitrogen and oxygen atoms in total. The molecule has 230 valence electrons. The third-order valence-electron chi connectivity index (χ3n) is 7.98. The van der Waals surface area contributed by atoms with Gasteiger partial charge in [-0.15, -0.1) is 0 Å². The number of hydrogen-bond donors (Lipinski definition) is 0. The van der Waals surface area contributed by atoms with E-state index in [4.69, 9.17) is 4.74 Å². The molecule has 3 heteroatoms. The molecule has 1 aliphatic carbocycles. The van der Waals surface area contributed by atoms with Crippen molar-refractivity contribution in [1.82, 2.24) is 0 Å². The Morgan fingerprint density at radius 3 is 2.07 bits per heavy atom. The van der Waals surface area contributed by atoms with Crippen LogP contribution in [-0.4, -0.2) is 11.9 Å².